The lowest BCUT2D eigenvalue weighted by atomic mass is 9.72. The van der Waals surface area contributed by atoms with E-state index in [0.29, 0.717) is 17.5 Å². The minimum absolute atomic E-state index is 0.490. The summed E-state index contributed by atoms with van der Waals surface area (Å²) in [5.41, 5.74) is 1.63. The zero-order valence-electron chi connectivity index (χ0n) is 8.48. The summed E-state index contributed by atoms with van der Waals surface area (Å²) in [5.74, 6) is 1.11. The summed E-state index contributed by atoms with van der Waals surface area (Å²) in [7, 11) is 1.78. The van der Waals surface area contributed by atoms with Crippen LogP contribution >= 0.6 is 0 Å². The van der Waals surface area contributed by atoms with E-state index in [-0.39, 0.29) is 0 Å². The minimum Gasteiger partial charge on any atom is -0.410 e. The normalized spacial score (nSPS) is 37.5. The summed E-state index contributed by atoms with van der Waals surface area (Å²) < 4.78 is 0. The third-order valence-electron chi connectivity index (χ3n) is 3.28. The monoisotopic (exact) mass is 192 g/mol. The Kier molecular flexibility index (Phi) is 2.66. The first kappa shape index (κ1) is 9.44. The van der Waals surface area contributed by atoms with Crippen molar-refractivity contribution in [3.8, 4) is 0 Å². The van der Waals surface area contributed by atoms with Crippen molar-refractivity contribution < 1.29 is 5.21 Å². The Labute approximate surface area is 84.2 Å². The molecular weight excluding hydrogens is 176 g/mol. The van der Waals surface area contributed by atoms with Gasteiger partial charge in [0.05, 0.1) is 5.71 Å². The van der Waals surface area contributed by atoms with Gasteiger partial charge in [-0.05, 0) is 24.8 Å². The van der Waals surface area contributed by atoms with Crippen molar-refractivity contribution >= 4 is 11.4 Å². The van der Waals surface area contributed by atoms with Crippen molar-refractivity contribution in [3.63, 3.8) is 0 Å². The van der Waals surface area contributed by atoms with Gasteiger partial charge < -0.3 is 5.21 Å². The molecule has 0 bridgehead atoms. The highest BCUT2D eigenvalue weighted by molar-refractivity contribution is 6.47. The third kappa shape index (κ3) is 1.47. The first-order chi connectivity index (χ1) is 6.86. The molecule has 2 rings (SSSR count). The van der Waals surface area contributed by atoms with Crippen LogP contribution in [-0.2, 0) is 0 Å². The Morgan fingerprint density at radius 2 is 2.14 bits per heavy atom. The Morgan fingerprint density at radius 1 is 1.36 bits per heavy atom. The van der Waals surface area contributed by atoms with E-state index in [2.05, 4.69) is 16.2 Å². The number of allylic oxidation sites excluding steroid dienone is 2. The predicted octanol–water partition coefficient (Wildman–Crippen LogP) is 2.26. The fraction of sp³-hybridized carbons (Fsp3) is 0.636. The maximum absolute atomic E-state index is 8.84. The summed E-state index contributed by atoms with van der Waals surface area (Å²) in [6.07, 6.45) is 9.09. The van der Waals surface area contributed by atoms with E-state index in [1.165, 1.54) is 25.7 Å². The predicted molar refractivity (Wildman–Crippen MR) is 57.2 cm³/mol. The summed E-state index contributed by atoms with van der Waals surface area (Å²) in [5, 5.41) is 12.1. The fourth-order valence-corrected chi connectivity index (χ4v) is 2.58. The lowest BCUT2D eigenvalue weighted by Gasteiger charge is -2.33. The van der Waals surface area contributed by atoms with E-state index in [1.54, 1.807) is 7.05 Å². The molecule has 0 radical (unpaired) electrons. The number of oxime groups is 1. The van der Waals surface area contributed by atoms with Crippen molar-refractivity contribution in [3.05, 3.63) is 12.2 Å². The maximum Gasteiger partial charge on any atom is 0.123 e. The zero-order chi connectivity index (χ0) is 9.97. The number of fused-ring (bicyclic) bond motifs is 1. The van der Waals surface area contributed by atoms with Crippen LogP contribution in [0.3, 0.4) is 0 Å². The summed E-state index contributed by atoms with van der Waals surface area (Å²) in [4.78, 5) is 4.26. The van der Waals surface area contributed by atoms with Crippen LogP contribution in [-0.4, -0.2) is 23.7 Å². The second-order valence-corrected chi connectivity index (χ2v) is 4.01. The largest absolute Gasteiger partial charge is 0.410 e. The van der Waals surface area contributed by atoms with Crippen LogP contribution in [0, 0.1) is 11.8 Å². The average Bonchev–Trinajstić information content (AvgIpc) is 2.27. The number of hydrogen-bond acceptors (Lipinski definition) is 3. The van der Waals surface area contributed by atoms with E-state index in [1.807, 2.05) is 6.08 Å². The molecule has 2 aliphatic rings. The van der Waals surface area contributed by atoms with Gasteiger partial charge in [0, 0.05) is 13.0 Å². The number of rotatable bonds is 0. The van der Waals surface area contributed by atoms with Gasteiger partial charge in [0.25, 0.3) is 0 Å². The topological polar surface area (TPSA) is 45.0 Å². The highest BCUT2D eigenvalue weighted by atomic mass is 16.4. The Morgan fingerprint density at radius 3 is 2.86 bits per heavy atom. The lowest BCUT2D eigenvalue weighted by molar-refractivity contribution is 0.317. The molecule has 0 aromatic heterocycles. The first-order valence-corrected chi connectivity index (χ1v) is 5.24. The molecule has 3 heteroatoms. The minimum atomic E-state index is 0.490. The fourth-order valence-electron chi connectivity index (χ4n) is 2.58. The number of hydrogen-bond donors (Lipinski definition) is 1. The standard InChI is InChI=1S/C11H16N2O/c1-12-11-9-5-3-2-4-8(9)6-7-10(11)13-14/h6-9,14H,2-5H2,1H3/b12-11?,13-10+/t8-,9-/m0/s1. The van der Waals surface area contributed by atoms with Crippen LogP contribution in [0.5, 0.6) is 0 Å². The number of aliphatic imine (C=N–C) groups is 1. The van der Waals surface area contributed by atoms with E-state index < -0.39 is 0 Å². The summed E-state index contributed by atoms with van der Waals surface area (Å²) in [6.45, 7) is 0. The van der Waals surface area contributed by atoms with E-state index in [4.69, 9.17) is 5.21 Å². The van der Waals surface area contributed by atoms with Crippen molar-refractivity contribution in [1.82, 2.24) is 0 Å². The van der Waals surface area contributed by atoms with Crippen molar-refractivity contribution in [2.75, 3.05) is 7.05 Å². The van der Waals surface area contributed by atoms with Crippen LogP contribution in [0.15, 0.2) is 22.3 Å². The SMILES string of the molecule is CN=C1/C(=N/O)C=C[C@@H]2CCCC[C@H]12. The number of nitrogens with zero attached hydrogens (tertiary/aromatic N) is 2. The van der Waals surface area contributed by atoms with Crippen LogP contribution in [0.4, 0.5) is 0 Å². The maximum atomic E-state index is 8.84. The molecule has 14 heavy (non-hydrogen) atoms. The van der Waals surface area contributed by atoms with Crippen LogP contribution in [0.25, 0.3) is 0 Å². The average molecular weight is 192 g/mol. The highest BCUT2D eigenvalue weighted by Crippen LogP contribution is 2.34. The van der Waals surface area contributed by atoms with Crippen LogP contribution in [0.2, 0.25) is 0 Å². The van der Waals surface area contributed by atoms with Gasteiger partial charge in [-0.25, -0.2) is 0 Å². The molecule has 0 spiro atoms. The third-order valence-corrected chi connectivity index (χ3v) is 3.28. The van der Waals surface area contributed by atoms with Crippen molar-refractivity contribution in [1.29, 1.82) is 0 Å². The molecule has 1 N–H and O–H groups in total. The van der Waals surface area contributed by atoms with Crippen LogP contribution < -0.4 is 0 Å². The Balaban J connectivity index is 2.32. The molecule has 2 aliphatic carbocycles. The smallest absolute Gasteiger partial charge is 0.123 e. The van der Waals surface area contributed by atoms with E-state index in [0.717, 1.165) is 5.71 Å². The molecule has 2 atom stereocenters. The molecule has 1 fully saturated rings. The molecule has 0 amide bonds. The Bertz CT molecular complexity index is 304. The molecule has 0 saturated heterocycles. The van der Waals surface area contributed by atoms with Gasteiger partial charge in [-0.1, -0.05) is 24.1 Å². The molecule has 0 aliphatic heterocycles. The summed E-state index contributed by atoms with van der Waals surface area (Å²) in [6, 6.07) is 0. The summed E-state index contributed by atoms with van der Waals surface area (Å²) >= 11 is 0. The van der Waals surface area contributed by atoms with Gasteiger partial charge in [0.15, 0.2) is 0 Å². The molecule has 0 heterocycles. The molecule has 0 unspecified atom stereocenters. The second kappa shape index (κ2) is 3.95. The van der Waals surface area contributed by atoms with Crippen LogP contribution in [0.1, 0.15) is 25.7 Å². The second-order valence-electron chi connectivity index (χ2n) is 4.01. The lowest BCUT2D eigenvalue weighted by Crippen LogP contribution is -2.34. The zero-order valence-corrected chi connectivity index (χ0v) is 8.48. The molecular formula is C11H16N2O. The quantitative estimate of drug-likeness (QED) is 0.464. The van der Waals surface area contributed by atoms with Gasteiger partial charge in [0.2, 0.25) is 0 Å². The van der Waals surface area contributed by atoms with Gasteiger partial charge in [-0.3, -0.25) is 4.99 Å². The molecule has 3 nitrogen and oxygen atoms in total. The molecule has 0 aromatic carbocycles. The molecule has 76 valence electrons. The van der Waals surface area contributed by atoms with Gasteiger partial charge in [-0.2, -0.15) is 0 Å². The van der Waals surface area contributed by atoms with Gasteiger partial charge >= 0.3 is 0 Å². The first-order valence-electron chi connectivity index (χ1n) is 5.24. The molecule has 0 aromatic rings. The molecule has 1 saturated carbocycles. The highest BCUT2D eigenvalue weighted by Gasteiger charge is 2.32. The Hall–Kier alpha value is -1.12. The van der Waals surface area contributed by atoms with Crippen molar-refractivity contribution in [2.45, 2.75) is 25.7 Å². The van der Waals surface area contributed by atoms with E-state index in [9.17, 15) is 0 Å². The van der Waals surface area contributed by atoms with Gasteiger partial charge in [0.1, 0.15) is 5.71 Å². The van der Waals surface area contributed by atoms with Gasteiger partial charge in [-0.15, -0.1) is 0 Å². The van der Waals surface area contributed by atoms with Crippen molar-refractivity contribution in [2.24, 2.45) is 22.0 Å². The van der Waals surface area contributed by atoms with E-state index >= 15 is 0 Å².